The highest BCUT2D eigenvalue weighted by Crippen LogP contribution is 2.24. The molecule has 1 aromatic carbocycles. The van der Waals surface area contributed by atoms with Crippen LogP contribution in [-0.4, -0.2) is 47.0 Å². The summed E-state index contributed by atoms with van der Waals surface area (Å²) in [5.41, 5.74) is 3.38. The number of pyridine rings is 1. The lowest BCUT2D eigenvalue weighted by atomic mass is 10.1. The zero-order valence-electron chi connectivity index (χ0n) is 16.0. The molecule has 144 valence electrons. The Kier molecular flexibility index (Phi) is 5.67. The van der Waals surface area contributed by atoms with Crippen molar-refractivity contribution < 1.29 is 4.79 Å². The van der Waals surface area contributed by atoms with E-state index in [0.29, 0.717) is 12.8 Å². The summed E-state index contributed by atoms with van der Waals surface area (Å²) in [5.74, 6) is 1.20. The van der Waals surface area contributed by atoms with E-state index >= 15 is 0 Å². The van der Waals surface area contributed by atoms with E-state index in [9.17, 15) is 4.79 Å². The van der Waals surface area contributed by atoms with Gasteiger partial charge in [0, 0.05) is 49.7 Å². The van der Waals surface area contributed by atoms with E-state index in [0.717, 1.165) is 48.3 Å². The van der Waals surface area contributed by atoms with Crippen LogP contribution in [-0.2, 0) is 11.2 Å². The van der Waals surface area contributed by atoms with E-state index in [2.05, 4.69) is 46.5 Å². The molecule has 0 atom stereocenters. The van der Waals surface area contributed by atoms with Gasteiger partial charge in [-0.3, -0.25) is 4.79 Å². The first-order chi connectivity index (χ1) is 13.7. The van der Waals surface area contributed by atoms with Gasteiger partial charge < -0.3 is 9.80 Å². The van der Waals surface area contributed by atoms with Crippen molar-refractivity contribution in [3.8, 4) is 10.6 Å². The third kappa shape index (κ3) is 4.39. The standard InChI is InChI=1S/C22H24N4OS/c1-17-5-7-18(8-6-17)22-24-19(16-28-22)9-10-21(27)26-14-12-25(13-15-26)20-4-2-3-11-23-20/h2-8,11,16H,9-10,12-15H2,1H3. The molecule has 0 unspecified atom stereocenters. The Labute approximate surface area is 169 Å². The van der Waals surface area contributed by atoms with Crippen molar-refractivity contribution in [3.63, 3.8) is 0 Å². The number of aromatic nitrogens is 2. The van der Waals surface area contributed by atoms with Crippen LogP contribution >= 0.6 is 11.3 Å². The van der Waals surface area contributed by atoms with E-state index in [1.807, 2.05) is 29.3 Å². The normalized spacial score (nSPS) is 14.3. The third-order valence-corrected chi connectivity index (χ3v) is 5.99. The lowest BCUT2D eigenvalue weighted by Crippen LogP contribution is -2.49. The highest BCUT2D eigenvalue weighted by molar-refractivity contribution is 7.13. The van der Waals surface area contributed by atoms with Crippen molar-refractivity contribution in [2.75, 3.05) is 31.1 Å². The number of hydrogen-bond donors (Lipinski definition) is 0. The minimum absolute atomic E-state index is 0.213. The molecule has 3 aromatic rings. The summed E-state index contributed by atoms with van der Waals surface area (Å²) in [6.07, 6.45) is 3.02. The van der Waals surface area contributed by atoms with Gasteiger partial charge in [-0.1, -0.05) is 35.9 Å². The summed E-state index contributed by atoms with van der Waals surface area (Å²) in [6.45, 7) is 5.25. The van der Waals surface area contributed by atoms with Crippen molar-refractivity contribution in [2.24, 2.45) is 0 Å². The molecule has 4 rings (SSSR count). The summed E-state index contributed by atoms with van der Waals surface area (Å²) < 4.78 is 0. The van der Waals surface area contributed by atoms with E-state index < -0.39 is 0 Å². The Morgan fingerprint density at radius 2 is 1.86 bits per heavy atom. The predicted molar refractivity (Wildman–Crippen MR) is 114 cm³/mol. The lowest BCUT2D eigenvalue weighted by molar-refractivity contribution is -0.131. The maximum absolute atomic E-state index is 12.6. The largest absolute Gasteiger partial charge is 0.353 e. The zero-order valence-corrected chi connectivity index (χ0v) is 16.9. The van der Waals surface area contributed by atoms with Gasteiger partial charge in [0.15, 0.2) is 0 Å². The molecule has 3 heterocycles. The van der Waals surface area contributed by atoms with Crippen LogP contribution in [0.4, 0.5) is 5.82 Å². The number of benzene rings is 1. The van der Waals surface area contributed by atoms with E-state index in [-0.39, 0.29) is 5.91 Å². The molecule has 0 N–H and O–H groups in total. The third-order valence-electron chi connectivity index (χ3n) is 5.05. The van der Waals surface area contributed by atoms with Crippen LogP contribution in [0.2, 0.25) is 0 Å². The van der Waals surface area contributed by atoms with Crippen molar-refractivity contribution in [2.45, 2.75) is 19.8 Å². The van der Waals surface area contributed by atoms with Crippen LogP contribution in [0.15, 0.2) is 54.0 Å². The van der Waals surface area contributed by atoms with Gasteiger partial charge in [0.2, 0.25) is 5.91 Å². The molecular weight excluding hydrogens is 368 g/mol. The Bertz CT molecular complexity index is 915. The van der Waals surface area contributed by atoms with Gasteiger partial charge >= 0.3 is 0 Å². The van der Waals surface area contributed by atoms with Crippen LogP contribution in [0.25, 0.3) is 10.6 Å². The van der Waals surface area contributed by atoms with Crippen molar-refractivity contribution >= 4 is 23.1 Å². The number of carbonyl (C=O) groups is 1. The molecule has 1 amide bonds. The minimum atomic E-state index is 0.213. The van der Waals surface area contributed by atoms with Gasteiger partial charge in [-0.25, -0.2) is 9.97 Å². The Balaban J connectivity index is 1.28. The molecule has 1 aliphatic heterocycles. The molecule has 0 saturated carbocycles. The summed E-state index contributed by atoms with van der Waals surface area (Å²) in [4.78, 5) is 25.9. The second-order valence-corrected chi connectivity index (χ2v) is 7.92. The molecule has 1 aliphatic rings. The Hall–Kier alpha value is -2.73. The summed E-state index contributed by atoms with van der Waals surface area (Å²) in [6, 6.07) is 14.3. The SMILES string of the molecule is Cc1ccc(-c2nc(CCC(=O)N3CCN(c4ccccn4)CC3)cs2)cc1. The van der Waals surface area contributed by atoms with E-state index in [1.54, 1.807) is 11.3 Å². The van der Waals surface area contributed by atoms with Gasteiger partial charge in [-0.2, -0.15) is 0 Å². The second kappa shape index (κ2) is 8.52. The average Bonchev–Trinajstić information content (AvgIpc) is 3.22. The number of anilines is 1. The minimum Gasteiger partial charge on any atom is -0.353 e. The van der Waals surface area contributed by atoms with E-state index in [4.69, 9.17) is 4.98 Å². The quantitative estimate of drug-likeness (QED) is 0.663. The number of rotatable bonds is 5. The highest BCUT2D eigenvalue weighted by Gasteiger charge is 2.21. The van der Waals surface area contributed by atoms with Gasteiger partial charge in [0.05, 0.1) is 5.69 Å². The van der Waals surface area contributed by atoms with Crippen molar-refractivity contribution in [1.29, 1.82) is 0 Å². The predicted octanol–water partition coefficient (Wildman–Crippen LogP) is 3.79. The number of amides is 1. The summed E-state index contributed by atoms with van der Waals surface area (Å²) in [7, 11) is 0. The summed E-state index contributed by atoms with van der Waals surface area (Å²) in [5, 5.41) is 3.09. The van der Waals surface area contributed by atoms with Gasteiger partial charge in [0.1, 0.15) is 10.8 Å². The first-order valence-corrected chi connectivity index (χ1v) is 10.5. The molecular formula is C22H24N4OS. The molecule has 6 heteroatoms. The molecule has 2 aromatic heterocycles. The van der Waals surface area contributed by atoms with Crippen LogP contribution in [0, 0.1) is 6.92 Å². The first-order valence-electron chi connectivity index (χ1n) is 9.64. The number of piperazine rings is 1. The number of hydrogen-bond acceptors (Lipinski definition) is 5. The first kappa shape index (κ1) is 18.6. The fourth-order valence-corrected chi connectivity index (χ4v) is 4.23. The van der Waals surface area contributed by atoms with E-state index in [1.165, 1.54) is 5.56 Å². The maximum Gasteiger partial charge on any atom is 0.223 e. The molecule has 0 radical (unpaired) electrons. The van der Waals surface area contributed by atoms with Gasteiger partial charge in [-0.15, -0.1) is 11.3 Å². The van der Waals surface area contributed by atoms with Crippen molar-refractivity contribution in [1.82, 2.24) is 14.9 Å². The Morgan fingerprint density at radius 3 is 2.57 bits per heavy atom. The molecule has 5 nitrogen and oxygen atoms in total. The van der Waals surface area contributed by atoms with Crippen molar-refractivity contribution in [3.05, 3.63) is 65.3 Å². The molecule has 0 spiro atoms. The molecule has 1 saturated heterocycles. The zero-order chi connectivity index (χ0) is 19.3. The average molecular weight is 393 g/mol. The fourth-order valence-electron chi connectivity index (χ4n) is 3.37. The van der Waals surface area contributed by atoms with Crippen LogP contribution in [0.1, 0.15) is 17.7 Å². The fraction of sp³-hybridized carbons (Fsp3) is 0.318. The highest BCUT2D eigenvalue weighted by atomic mass is 32.1. The van der Waals surface area contributed by atoms with Gasteiger partial charge in [0.25, 0.3) is 0 Å². The van der Waals surface area contributed by atoms with Crippen LogP contribution < -0.4 is 4.90 Å². The maximum atomic E-state index is 12.6. The number of carbonyl (C=O) groups excluding carboxylic acids is 1. The second-order valence-electron chi connectivity index (χ2n) is 7.07. The van der Waals surface area contributed by atoms with Crippen LogP contribution in [0.3, 0.4) is 0 Å². The number of aryl methyl sites for hydroxylation is 2. The number of thiazole rings is 1. The summed E-state index contributed by atoms with van der Waals surface area (Å²) >= 11 is 1.64. The smallest absolute Gasteiger partial charge is 0.223 e. The molecule has 0 aliphatic carbocycles. The topological polar surface area (TPSA) is 49.3 Å². The molecule has 1 fully saturated rings. The monoisotopic (exact) mass is 392 g/mol. The Morgan fingerprint density at radius 1 is 1.07 bits per heavy atom. The molecule has 0 bridgehead atoms. The lowest BCUT2D eigenvalue weighted by Gasteiger charge is -2.35. The van der Waals surface area contributed by atoms with Crippen LogP contribution in [0.5, 0.6) is 0 Å². The van der Waals surface area contributed by atoms with Gasteiger partial charge in [-0.05, 0) is 25.5 Å². The molecule has 28 heavy (non-hydrogen) atoms. The number of nitrogens with zero attached hydrogens (tertiary/aromatic N) is 4.